The summed E-state index contributed by atoms with van der Waals surface area (Å²) in [6.07, 6.45) is 3.43. The highest BCUT2D eigenvalue weighted by Crippen LogP contribution is 2.22. The molecule has 0 aliphatic rings. The van der Waals surface area contributed by atoms with Crippen LogP contribution in [0.2, 0.25) is 0 Å². The van der Waals surface area contributed by atoms with Gasteiger partial charge in [0.2, 0.25) is 11.8 Å². The maximum Gasteiger partial charge on any atom is 0.227 e. The molecule has 5 nitrogen and oxygen atoms in total. The van der Waals surface area contributed by atoms with Crippen LogP contribution in [0.4, 0.5) is 11.6 Å². The summed E-state index contributed by atoms with van der Waals surface area (Å²) >= 11 is 0. The molecule has 0 radical (unpaired) electrons. The summed E-state index contributed by atoms with van der Waals surface area (Å²) in [5.74, 6) is 1.11. The van der Waals surface area contributed by atoms with Crippen molar-refractivity contribution in [3.8, 4) is 17.1 Å². The lowest BCUT2D eigenvalue weighted by atomic mass is 10.2. The van der Waals surface area contributed by atoms with Crippen molar-refractivity contribution in [2.24, 2.45) is 0 Å². The number of rotatable bonds is 4. The number of ether oxygens (including phenoxy) is 1. The summed E-state index contributed by atoms with van der Waals surface area (Å²) in [6.45, 7) is 2.05. The van der Waals surface area contributed by atoms with Crippen LogP contribution in [0, 0.1) is 6.92 Å². The minimum atomic E-state index is 0.555. The quantitative estimate of drug-likeness (QED) is 0.796. The van der Waals surface area contributed by atoms with Crippen molar-refractivity contribution in [3.63, 3.8) is 0 Å². The summed E-state index contributed by atoms with van der Waals surface area (Å²) in [7, 11) is 1.59. The van der Waals surface area contributed by atoms with Gasteiger partial charge in [0.05, 0.1) is 12.8 Å². The second kappa shape index (κ2) is 6.22. The van der Waals surface area contributed by atoms with Crippen molar-refractivity contribution in [2.75, 3.05) is 12.4 Å². The van der Waals surface area contributed by atoms with Crippen LogP contribution in [0.3, 0.4) is 0 Å². The normalized spacial score (nSPS) is 10.3. The highest BCUT2D eigenvalue weighted by molar-refractivity contribution is 5.62. The minimum absolute atomic E-state index is 0.555. The van der Waals surface area contributed by atoms with E-state index in [0.29, 0.717) is 11.8 Å². The Morgan fingerprint density at radius 3 is 2.68 bits per heavy atom. The Bertz CT molecular complexity index is 789. The molecule has 0 saturated carbocycles. The standard InChI is InChI=1S/C17H16N4O/c1-12-4-3-5-14(10-12)20-17-19-9-7-15(21-17)13-6-8-18-16(11-13)22-2/h3-11H,1-2H3,(H,19,20,21). The van der Waals surface area contributed by atoms with Gasteiger partial charge in [-0.1, -0.05) is 12.1 Å². The predicted molar refractivity (Wildman–Crippen MR) is 86.3 cm³/mol. The monoisotopic (exact) mass is 292 g/mol. The second-order valence-corrected chi connectivity index (χ2v) is 4.85. The van der Waals surface area contributed by atoms with Crippen LogP contribution in [-0.2, 0) is 0 Å². The molecule has 0 aliphatic carbocycles. The molecule has 110 valence electrons. The SMILES string of the molecule is COc1cc(-c2ccnc(Nc3cccc(C)c3)n2)ccn1. The summed E-state index contributed by atoms with van der Waals surface area (Å²) in [4.78, 5) is 12.9. The third-order valence-corrected chi connectivity index (χ3v) is 3.17. The highest BCUT2D eigenvalue weighted by atomic mass is 16.5. The van der Waals surface area contributed by atoms with Gasteiger partial charge in [0.15, 0.2) is 0 Å². The fourth-order valence-corrected chi connectivity index (χ4v) is 2.11. The summed E-state index contributed by atoms with van der Waals surface area (Å²) in [5, 5.41) is 3.21. The topological polar surface area (TPSA) is 59.9 Å². The lowest BCUT2D eigenvalue weighted by Crippen LogP contribution is -1.98. The Kier molecular flexibility index (Phi) is 3.96. The number of aromatic nitrogens is 3. The van der Waals surface area contributed by atoms with E-state index in [-0.39, 0.29) is 0 Å². The molecular formula is C17H16N4O. The van der Waals surface area contributed by atoms with Gasteiger partial charge in [0.25, 0.3) is 0 Å². The van der Waals surface area contributed by atoms with Crippen molar-refractivity contribution in [2.45, 2.75) is 6.92 Å². The molecule has 0 fully saturated rings. The van der Waals surface area contributed by atoms with Crippen LogP contribution in [0.5, 0.6) is 5.88 Å². The summed E-state index contributed by atoms with van der Waals surface area (Å²) in [6, 6.07) is 13.7. The first-order valence-corrected chi connectivity index (χ1v) is 6.92. The second-order valence-electron chi connectivity index (χ2n) is 4.85. The molecule has 1 N–H and O–H groups in total. The third-order valence-electron chi connectivity index (χ3n) is 3.17. The van der Waals surface area contributed by atoms with E-state index in [4.69, 9.17) is 4.74 Å². The first kappa shape index (κ1) is 14.0. The van der Waals surface area contributed by atoms with Gasteiger partial charge < -0.3 is 10.1 Å². The maximum atomic E-state index is 5.15. The van der Waals surface area contributed by atoms with E-state index >= 15 is 0 Å². The van der Waals surface area contributed by atoms with E-state index in [0.717, 1.165) is 16.9 Å². The largest absolute Gasteiger partial charge is 0.481 e. The minimum Gasteiger partial charge on any atom is -0.481 e. The zero-order valence-electron chi connectivity index (χ0n) is 12.4. The highest BCUT2D eigenvalue weighted by Gasteiger charge is 2.04. The molecule has 0 unspecified atom stereocenters. The Morgan fingerprint density at radius 1 is 1.00 bits per heavy atom. The van der Waals surface area contributed by atoms with Crippen molar-refractivity contribution >= 4 is 11.6 Å². The Morgan fingerprint density at radius 2 is 1.86 bits per heavy atom. The Balaban J connectivity index is 1.89. The fraction of sp³-hybridized carbons (Fsp3) is 0.118. The molecule has 22 heavy (non-hydrogen) atoms. The van der Waals surface area contributed by atoms with E-state index in [1.54, 1.807) is 19.5 Å². The number of nitrogens with one attached hydrogen (secondary N) is 1. The molecule has 0 spiro atoms. The van der Waals surface area contributed by atoms with E-state index in [1.165, 1.54) is 5.56 Å². The van der Waals surface area contributed by atoms with Gasteiger partial charge in [-0.15, -0.1) is 0 Å². The summed E-state index contributed by atoms with van der Waals surface area (Å²) in [5.41, 5.74) is 3.89. The van der Waals surface area contributed by atoms with Crippen LogP contribution >= 0.6 is 0 Å². The van der Waals surface area contributed by atoms with Crippen LogP contribution in [0.25, 0.3) is 11.3 Å². The van der Waals surface area contributed by atoms with E-state index in [2.05, 4.69) is 20.3 Å². The van der Waals surface area contributed by atoms with Crippen LogP contribution in [0.1, 0.15) is 5.56 Å². The maximum absolute atomic E-state index is 5.15. The number of benzene rings is 1. The van der Waals surface area contributed by atoms with Crippen molar-refractivity contribution in [1.82, 2.24) is 15.0 Å². The molecule has 2 heterocycles. The van der Waals surface area contributed by atoms with Crippen molar-refractivity contribution < 1.29 is 4.74 Å². The molecule has 2 aromatic heterocycles. The van der Waals surface area contributed by atoms with E-state index in [1.807, 2.05) is 49.4 Å². The molecule has 3 aromatic rings. The van der Waals surface area contributed by atoms with Crippen molar-refractivity contribution in [1.29, 1.82) is 0 Å². The molecule has 5 heteroatoms. The van der Waals surface area contributed by atoms with Gasteiger partial charge in [-0.25, -0.2) is 15.0 Å². The van der Waals surface area contributed by atoms with Crippen LogP contribution in [0.15, 0.2) is 54.9 Å². The molecule has 0 aliphatic heterocycles. The molecule has 1 aromatic carbocycles. The van der Waals surface area contributed by atoms with Crippen molar-refractivity contribution in [3.05, 3.63) is 60.4 Å². The molecule has 0 atom stereocenters. The lowest BCUT2D eigenvalue weighted by molar-refractivity contribution is 0.398. The number of methoxy groups -OCH3 is 1. The molecule has 0 bridgehead atoms. The lowest BCUT2D eigenvalue weighted by Gasteiger charge is -2.08. The van der Waals surface area contributed by atoms with E-state index in [9.17, 15) is 0 Å². The Labute approximate surface area is 129 Å². The van der Waals surface area contributed by atoms with Gasteiger partial charge in [-0.2, -0.15) is 0 Å². The van der Waals surface area contributed by atoms with Gasteiger partial charge >= 0.3 is 0 Å². The molecule has 0 amide bonds. The van der Waals surface area contributed by atoms with E-state index < -0.39 is 0 Å². The first-order chi connectivity index (χ1) is 10.7. The number of hydrogen-bond acceptors (Lipinski definition) is 5. The molecular weight excluding hydrogens is 276 g/mol. The number of nitrogens with zero attached hydrogens (tertiary/aromatic N) is 3. The molecule has 3 rings (SSSR count). The average molecular weight is 292 g/mol. The number of aryl methyl sites for hydroxylation is 1. The summed E-state index contributed by atoms with van der Waals surface area (Å²) < 4.78 is 5.15. The smallest absolute Gasteiger partial charge is 0.227 e. The number of anilines is 2. The zero-order valence-corrected chi connectivity index (χ0v) is 12.4. The molecule has 0 saturated heterocycles. The predicted octanol–water partition coefficient (Wildman–Crippen LogP) is 3.60. The zero-order chi connectivity index (χ0) is 15.4. The van der Waals surface area contributed by atoms with Gasteiger partial charge in [0.1, 0.15) is 0 Å². The third kappa shape index (κ3) is 3.20. The fourth-order valence-electron chi connectivity index (χ4n) is 2.11. The van der Waals surface area contributed by atoms with Gasteiger partial charge in [0, 0.05) is 29.7 Å². The number of hydrogen-bond donors (Lipinski definition) is 1. The first-order valence-electron chi connectivity index (χ1n) is 6.92. The van der Waals surface area contributed by atoms with Crippen LogP contribution < -0.4 is 10.1 Å². The average Bonchev–Trinajstić information content (AvgIpc) is 2.55. The van der Waals surface area contributed by atoms with Gasteiger partial charge in [-0.05, 0) is 36.8 Å². The van der Waals surface area contributed by atoms with Gasteiger partial charge in [-0.3, -0.25) is 0 Å². The van der Waals surface area contributed by atoms with Crippen LogP contribution in [-0.4, -0.2) is 22.1 Å². The number of pyridine rings is 1. The Hall–Kier alpha value is -2.95.